The molecule has 1 aliphatic heterocycles. The van der Waals surface area contributed by atoms with Crippen LogP contribution in [0.15, 0.2) is 88.2 Å². The number of methoxy groups -OCH3 is 1. The normalized spacial score (nSPS) is 14.2. The third-order valence-electron chi connectivity index (χ3n) is 6.14. The summed E-state index contributed by atoms with van der Waals surface area (Å²) in [7, 11) is 1.55. The number of hydrogen-bond acceptors (Lipinski definition) is 6. The van der Waals surface area contributed by atoms with Crippen molar-refractivity contribution in [2.75, 3.05) is 7.11 Å². The number of hydrogen-bond donors (Lipinski definition) is 0. The summed E-state index contributed by atoms with van der Waals surface area (Å²) in [6.07, 6.45) is 1.66. The van der Waals surface area contributed by atoms with Gasteiger partial charge in [-0.3, -0.25) is 14.5 Å². The first-order valence-corrected chi connectivity index (χ1v) is 13.3. The lowest BCUT2D eigenvalue weighted by atomic mass is 10.1. The van der Waals surface area contributed by atoms with Crippen molar-refractivity contribution in [2.24, 2.45) is 0 Å². The Morgan fingerprint density at radius 2 is 1.74 bits per heavy atom. The first kappa shape index (κ1) is 25.6. The molecule has 0 aliphatic carbocycles. The van der Waals surface area contributed by atoms with Crippen LogP contribution < -0.4 is 9.47 Å². The quantitative estimate of drug-likeness (QED) is 0.212. The summed E-state index contributed by atoms with van der Waals surface area (Å²) in [6, 6.07) is 26.8. The summed E-state index contributed by atoms with van der Waals surface area (Å²) in [5.41, 5.74) is 2.78. The third kappa shape index (κ3) is 5.17. The molecule has 0 atom stereocenters. The van der Waals surface area contributed by atoms with Gasteiger partial charge < -0.3 is 9.47 Å². The van der Waals surface area contributed by atoms with E-state index in [-0.39, 0.29) is 11.8 Å². The number of halogens is 1. The minimum Gasteiger partial charge on any atom is -0.493 e. The number of carbonyl (C=O) groups is 2. The van der Waals surface area contributed by atoms with E-state index in [9.17, 15) is 14.9 Å². The molecule has 1 heterocycles. The highest BCUT2D eigenvalue weighted by Crippen LogP contribution is 2.40. The highest BCUT2D eigenvalue weighted by molar-refractivity contribution is 9.10. The molecule has 2 amide bonds. The van der Waals surface area contributed by atoms with Crippen molar-refractivity contribution in [3.8, 4) is 17.6 Å². The predicted molar refractivity (Wildman–Crippen MR) is 152 cm³/mol. The Morgan fingerprint density at radius 1 is 1.00 bits per heavy atom. The van der Waals surface area contributed by atoms with Gasteiger partial charge in [-0.2, -0.15) is 5.26 Å². The zero-order chi connectivity index (χ0) is 26.6. The average Bonchev–Trinajstić information content (AvgIpc) is 3.19. The maximum atomic E-state index is 13.1. The number of rotatable bonds is 7. The van der Waals surface area contributed by atoms with Gasteiger partial charge in [-0.05, 0) is 79.4 Å². The molecule has 8 heteroatoms. The fourth-order valence-corrected chi connectivity index (χ4v) is 5.67. The number of ether oxygens (including phenoxy) is 2. The van der Waals surface area contributed by atoms with Gasteiger partial charge in [0.2, 0.25) is 0 Å². The number of nitrogens with zero attached hydrogens (tertiary/aromatic N) is 2. The highest BCUT2D eigenvalue weighted by atomic mass is 79.9. The fourth-order valence-electron chi connectivity index (χ4n) is 4.26. The van der Waals surface area contributed by atoms with Crippen molar-refractivity contribution in [1.82, 2.24) is 4.90 Å². The second-order valence-electron chi connectivity index (χ2n) is 8.50. The summed E-state index contributed by atoms with van der Waals surface area (Å²) < 4.78 is 12.4. The molecule has 4 aromatic rings. The monoisotopic (exact) mass is 584 g/mol. The Balaban J connectivity index is 1.37. The van der Waals surface area contributed by atoms with Crippen molar-refractivity contribution < 1.29 is 19.1 Å². The van der Waals surface area contributed by atoms with E-state index in [4.69, 9.17) is 9.47 Å². The van der Waals surface area contributed by atoms with Crippen LogP contribution in [0, 0.1) is 11.3 Å². The maximum Gasteiger partial charge on any atom is 0.293 e. The molecule has 0 aromatic heterocycles. The number of amides is 2. The minimum atomic E-state index is -0.404. The van der Waals surface area contributed by atoms with Gasteiger partial charge in [-0.15, -0.1) is 0 Å². The molecule has 5 rings (SSSR count). The van der Waals surface area contributed by atoms with Gasteiger partial charge in [0, 0.05) is 0 Å². The van der Waals surface area contributed by atoms with E-state index in [1.54, 1.807) is 43.5 Å². The molecule has 6 nitrogen and oxygen atoms in total. The van der Waals surface area contributed by atoms with Crippen molar-refractivity contribution in [3.63, 3.8) is 0 Å². The molecular weight excluding hydrogens is 564 g/mol. The second kappa shape index (κ2) is 11.1. The zero-order valence-corrected chi connectivity index (χ0v) is 22.7. The van der Waals surface area contributed by atoms with E-state index in [0.29, 0.717) is 44.2 Å². The summed E-state index contributed by atoms with van der Waals surface area (Å²) in [4.78, 5) is 27.1. The van der Waals surface area contributed by atoms with Crippen molar-refractivity contribution in [1.29, 1.82) is 5.26 Å². The van der Waals surface area contributed by atoms with E-state index in [0.717, 1.165) is 33.0 Å². The molecular formula is C30H21BrN2O4S. The SMILES string of the molecule is COc1cc(/C=C2/SC(=O)N(Cc3ccccc3C#N)C2=O)cc(Br)c1OCc1cccc2ccccc12. The molecule has 188 valence electrons. The van der Waals surface area contributed by atoms with Crippen LogP contribution in [0.3, 0.4) is 0 Å². The Hall–Kier alpha value is -4.06. The van der Waals surface area contributed by atoms with Crippen LogP contribution in [-0.4, -0.2) is 23.2 Å². The van der Waals surface area contributed by atoms with Crippen LogP contribution >= 0.6 is 27.7 Å². The number of carbonyl (C=O) groups excluding carboxylic acids is 2. The Labute approximate surface area is 232 Å². The first-order valence-electron chi connectivity index (χ1n) is 11.7. The van der Waals surface area contributed by atoms with Gasteiger partial charge in [0.15, 0.2) is 11.5 Å². The largest absolute Gasteiger partial charge is 0.493 e. The van der Waals surface area contributed by atoms with E-state index in [1.807, 2.05) is 30.3 Å². The fraction of sp³-hybridized carbons (Fsp3) is 0.100. The number of imide groups is 1. The Bertz CT molecular complexity index is 1640. The van der Waals surface area contributed by atoms with Gasteiger partial charge in [0.1, 0.15) is 6.61 Å². The van der Waals surface area contributed by atoms with Gasteiger partial charge in [-0.1, -0.05) is 60.7 Å². The number of benzene rings is 4. The number of nitriles is 1. The lowest BCUT2D eigenvalue weighted by Gasteiger charge is -2.15. The summed E-state index contributed by atoms with van der Waals surface area (Å²) >= 11 is 4.45. The molecule has 0 unspecified atom stereocenters. The number of thioether (sulfide) groups is 1. The smallest absolute Gasteiger partial charge is 0.293 e. The third-order valence-corrected chi connectivity index (χ3v) is 7.64. The van der Waals surface area contributed by atoms with Crippen LogP contribution in [0.1, 0.15) is 22.3 Å². The molecule has 1 saturated heterocycles. The first-order chi connectivity index (χ1) is 18.5. The molecule has 1 fully saturated rings. The van der Waals surface area contributed by atoms with E-state index in [2.05, 4.69) is 40.2 Å². The predicted octanol–water partition coefficient (Wildman–Crippen LogP) is 7.30. The van der Waals surface area contributed by atoms with Gasteiger partial charge in [0.05, 0.1) is 34.7 Å². The zero-order valence-electron chi connectivity index (χ0n) is 20.3. The molecule has 0 spiro atoms. The average molecular weight is 585 g/mol. The molecule has 38 heavy (non-hydrogen) atoms. The minimum absolute atomic E-state index is 0.0414. The van der Waals surface area contributed by atoms with E-state index in [1.165, 1.54) is 0 Å². The van der Waals surface area contributed by atoms with Crippen LogP contribution in [0.4, 0.5) is 4.79 Å². The second-order valence-corrected chi connectivity index (χ2v) is 10.3. The van der Waals surface area contributed by atoms with E-state index >= 15 is 0 Å². The van der Waals surface area contributed by atoms with E-state index < -0.39 is 5.91 Å². The lowest BCUT2D eigenvalue weighted by molar-refractivity contribution is -0.123. The van der Waals surface area contributed by atoms with Gasteiger partial charge in [-0.25, -0.2) is 0 Å². The lowest BCUT2D eigenvalue weighted by Crippen LogP contribution is -2.27. The van der Waals surface area contributed by atoms with Crippen molar-refractivity contribution >= 4 is 55.7 Å². The molecule has 0 N–H and O–H groups in total. The Morgan fingerprint density at radius 3 is 2.55 bits per heavy atom. The summed E-state index contributed by atoms with van der Waals surface area (Å²) in [5, 5.41) is 11.2. The molecule has 0 radical (unpaired) electrons. The topological polar surface area (TPSA) is 79.6 Å². The Kier molecular flexibility index (Phi) is 7.50. The van der Waals surface area contributed by atoms with Crippen LogP contribution in [0.25, 0.3) is 16.8 Å². The molecule has 4 aromatic carbocycles. The van der Waals surface area contributed by atoms with Gasteiger partial charge >= 0.3 is 0 Å². The van der Waals surface area contributed by atoms with Gasteiger partial charge in [0.25, 0.3) is 11.1 Å². The van der Waals surface area contributed by atoms with Crippen LogP contribution in [0.5, 0.6) is 11.5 Å². The van der Waals surface area contributed by atoms with Crippen molar-refractivity contribution in [3.05, 3.63) is 110 Å². The molecule has 1 aliphatic rings. The van der Waals surface area contributed by atoms with Crippen LogP contribution in [-0.2, 0) is 17.9 Å². The van der Waals surface area contributed by atoms with Crippen molar-refractivity contribution in [2.45, 2.75) is 13.2 Å². The molecule has 0 saturated carbocycles. The molecule has 0 bridgehead atoms. The number of fused-ring (bicyclic) bond motifs is 1. The van der Waals surface area contributed by atoms with Crippen LogP contribution in [0.2, 0.25) is 0 Å². The summed E-state index contributed by atoms with van der Waals surface area (Å²) in [6.45, 7) is 0.387. The standard InChI is InChI=1S/C30H21BrN2O4S/c1-36-26-14-19(13-25(31)28(26)37-18-23-11-6-10-20-7-4-5-12-24(20)23)15-27-29(34)33(30(35)38-27)17-22-9-3-2-8-21(22)16-32/h2-15H,17-18H2,1H3/b27-15+. The summed E-state index contributed by atoms with van der Waals surface area (Å²) in [5.74, 6) is 0.631. The maximum absolute atomic E-state index is 13.1. The highest BCUT2D eigenvalue weighted by Gasteiger charge is 2.35.